The van der Waals surface area contributed by atoms with E-state index < -0.39 is 18.5 Å². The van der Waals surface area contributed by atoms with Crippen LogP contribution in [0.2, 0.25) is 0 Å². The summed E-state index contributed by atoms with van der Waals surface area (Å²) in [6.45, 7) is 4.17. The van der Waals surface area contributed by atoms with E-state index in [2.05, 4.69) is 10.4 Å². The second-order valence-electron chi connectivity index (χ2n) is 6.47. The molecular weight excluding hydrogens is 408 g/mol. The lowest BCUT2D eigenvalue weighted by Gasteiger charge is -2.20. The first-order valence-corrected chi connectivity index (χ1v) is 10.6. The highest BCUT2D eigenvalue weighted by Crippen LogP contribution is 2.07. The van der Waals surface area contributed by atoms with Crippen LogP contribution in [0.15, 0.2) is 34.4 Å². The van der Waals surface area contributed by atoms with Crippen molar-refractivity contribution in [2.75, 3.05) is 19.7 Å². The first-order valence-electron chi connectivity index (χ1n) is 9.76. The van der Waals surface area contributed by atoms with E-state index in [4.69, 9.17) is 4.74 Å². The maximum atomic E-state index is 12.3. The van der Waals surface area contributed by atoms with Crippen molar-refractivity contribution < 1.29 is 19.1 Å². The predicted octanol–water partition coefficient (Wildman–Crippen LogP) is 1.43. The van der Waals surface area contributed by atoms with Crippen LogP contribution in [0.1, 0.15) is 42.1 Å². The van der Waals surface area contributed by atoms with Gasteiger partial charge in [0.1, 0.15) is 0 Å². The van der Waals surface area contributed by atoms with E-state index in [9.17, 15) is 19.2 Å². The van der Waals surface area contributed by atoms with Crippen LogP contribution in [0.25, 0.3) is 0 Å². The van der Waals surface area contributed by atoms with Gasteiger partial charge in [0.05, 0.1) is 13.1 Å². The highest BCUT2D eigenvalue weighted by atomic mass is 32.1. The number of unbranched alkanes of at least 4 members (excludes halogenated alkanes) is 1. The maximum Gasteiger partial charge on any atom is 0.359 e. The van der Waals surface area contributed by atoms with Gasteiger partial charge in [0, 0.05) is 24.0 Å². The van der Waals surface area contributed by atoms with Crippen molar-refractivity contribution in [2.24, 2.45) is 0 Å². The van der Waals surface area contributed by atoms with Crippen LogP contribution in [0.4, 0.5) is 0 Å². The zero-order valence-corrected chi connectivity index (χ0v) is 17.9. The molecule has 2 heterocycles. The Morgan fingerprint density at radius 1 is 1.23 bits per heavy atom. The fraction of sp³-hybridized carbons (Fsp3) is 0.450. The molecule has 0 aromatic carbocycles. The Morgan fingerprint density at radius 3 is 2.70 bits per heavy atom. The molecule has 0 spiro atoms. The summed E-state index contributed by atoms with van der Waals surface area (Å²) >= 11 is 1.53. The lowest BCUT2D eigenvalue weighted by Crippen LogP contribution is -2.42. The van der Waals surface area contributed by atoms with E-state index >= 15 is 0 Å². The number of esters is 1. The molecular formula is C20H26N4O5S. The molecule has 1 N–H and O–H groups in total. The van der Waals surface area contributed by atoms with Crippen molar-refractivity contribution in [3.63, 3.8) is 0 Å². The zero-order valence-electron chi connectivity index (χ0n) is 17.1. The molecule has 2 aromatic heterocycles. The number of nitrogens with zero attached hydrogens (tertiary/aromatic N) is 3. The lowest BCUT2D eigenvalue weighted by molar-refractivity contribution is -0.138. The van der Waals surface area contributed by atoms with Gasteiger partial charge in [-0.05, 0) is 30.9 Å². The number of nitrogens with one attached hydrogen (secondary N) is 1. The summed E-state index contributed by atoms with van der Waals surface area (Å²) in [5.74, 6) is -1.59. The Morgan fingerprint density at radius 2 is 2.03 bits per heavy atom. The molecule has 162 valence electrons. The molecule has 2 rings (SSSR count). The average Bonchev–Trinajstić information content (AvgIpc) is 3.27. The van der Waals surface area contributed by atoms with Gasteiger partial charge in [-0.2, -0.15) is 5.10 Å². The van der Waals surface area contributed by atoms with Crippen LogP contribution in [0, 0.1) is 0 Å². The van der Waals surface area contributed by atoms with Gasteiger partial charge in [-0.1, -0.05) is 19.4 Å². The van der Waals surface area contributed by atoms with Crippen molar-refractivity contribution >= 4 is 29.1 Å². The van der Waals surface area contributed by atoms with Gasteiger partial charge in [-0.15, -0.1) is 11.3 Å². The first kappa shape index (κ1) is 23.3. The standard InChI is InChI=1S/C20H26N4O5S/c1-3-5-10-24-18(26)9-8-16(22-24)20(28)29-14-19(27)23(4-2)13-17(25)21-12-15-7-6-11-30-15/h6-9,11H,3-5,10,12-14H2,1-2H3,(H,21,25). The van der Waals surface area contributed by atoms with Crippen LogP contribution < -0.4 is 10.9 Å². The Hall–Kier alpha value is -3.01. The minimum atomic E-state index is -0.799. The summed E-state index contributed by atoms with van der Waals surface area (Å²) in [4.78, 5) is 50.7. The smallest absolute Gasteiger partial charge is 0.359 e. The third-order valence-electron chi connectivity index (χ3n) is 4.23. The molecule has 0 aliphatic rings. The number of amides is 2. The van der Waals surface area contributed by atoms with E-state index in [0.717, 1.165) is 17.7 Å². The molecule has 0 aliphatic carbocycles. The van der Waals surface area contributed by atoms with Gasteiger partial charge in [0.25, 0.3) is 11.5 Å². The quantitative estimate of drug-likeness (QED) is 0.536. The number of rotatable bonds is 11. The van der Waals surface area contributed by atoms with E-state index in [1.165, 1.54) is 33.1 Å². The number of aromatic nitrogens is 2. The van der Waals surface area contributed by atoms with Crippen molar-refractivity contribution in [3.05, 3.63) is 50.6 Å². The highest BCUT2D eigenvalue weighted by molar-refractivity contribution is 7.09. The van der Waals surface area contributed by atoms with Gasteiger partial charge in [0.2, 0.25) is 5.91 Å². The summed E-state index contributed by atoms with van der Waals surface area (Å²) < 4.78 is 6.24. The Kier molecular flexibility index (Phi) is 9.20. The zero-order chi connectivity index (χ0) is 21.9. The van der Waals surface area contributed by atoms with E-state index in [1.54, 1.807) is 6.92 Å². The molecule has 9 nitrogen and oxygen atoms in total. The van der Waals surface area contributed by atoms with Crippen LogP contribution in [-0.2, 0) is 27.4 Å². The number of likely N-dealkylation sites (N-methyl/N-ethyl adjacent to an activating group) is 1. The highest BCUT2D eigenvalue weighted by Gasteiger charge is 2.19. The fourth-order valence-electron chi connectivity index (χ4n) is 2.52. The molecule has 0 saturated carbocycles. The van der Waals surface area contributed by atoms with Gasteiger partial charge >= 0.3 is 5.97 Å². The first-order chi connectivity index (χ1) is 14.4. The molecule has 0 aliphatic heterocycles. The van der Waals surface area contributed by atoms with E-state index in [0.29, 0.717) is 19.6 Å². The molecule has 0 fully saturated rings. The molecule has 0 radical (unpaired) electrons. The van der Waals surface area contributed by atoms with Gasteiger partial charge in [-0.25, -0.2) is 9.48 Å². The molecule has 0 unspecified atom stereocenters. The third kappa shape index (κ3) is 7.11. The lowest BCUT2D eigenvalue weighted by atomic mass is 10.3. The van der Waals surface area contributed by atoms with Crippen molar-refractivity contribution in [3.8, 4) is 0 Å². The number of hydrogen-bond donors (Lipinski definition) is 1. The minimum absolute atomic E-state index is 0.0461. The maximum absolute atomic E-state index is 12.3. The monoisotopic (exact) mass is 434 g/mol. The molecule has 2 aromatic rings. The summed E-state index contributed by atoms with van der Waals surface area (Å²) in [5.41, 5.74) is -0.350. The molecule has 10 heteroatoms. The van der Waals surface area contributed by atoms with Crippen molar-refractivity contribution in [2.45, 2.75) is 39.8 Å². The second kappa shape index (κ2) is 11.9. The van der Waals surface area contributed by atoms with Crippen LogP contribution in [-0.4, -0.2) is 52.2 Å². The van der Waals surface area contributed by atoms with Crippen LogP contribution in [0.3, 0.4) is 0 Å². The molecule has 0 bridgehead atoms. The number of hydrogen-bond acceptors (Lipinski definition) is 7. The topological polar surface area (TPSA) is 111 Å². The molecule has 0 atom stereocenters. The molecule has 0 saturated heterocycles. The number of carbonyl (C=O) groups excluding carboxylic acids is 3. The number of aryl methyl sites for hydroxylation is 1. The summed E-state index contributed by atoms with van der Waals surface area (Å²) in [5, 5.41) is 8.66. The summed E-state index contributed by atoms with van der Waals surface area (Å²) in [6.07, 6.45) is 1.63. The second-order valence-corrected chi connectivity index (χ2v) is 7.51. The number of thiophene rings is 1. The van der Waals surface area contributed by atoms with Gasteiger partial charge in [0.15, 0.2) is 12.3 Å². The average molecular weight is 435 g/mol. The normalized spacial score (nSPS) is 10.5. The minimum Gasteiger partial charge on any atom is -0.451 e. The molecule has 30 heavy (non-hydrogen) atoms. The Balaban J connectivity index is 1.85. The predicted molar refractivity (Wildman–Crippen MR) is 112 cm³/mol. The van der Waals surface area contributed by atoms with Crippen molar-refractivity contribution in [1.29, 1.82) is 0 Å². The van der Waals surface area contributed by atoms with Crippen LogP contribution >= 0.6 is 11.3 Å². The fourth-order valence-corrected chi connectivity index (χ4v) is 3.17. The van der Waals surface area contributed by atoms with Gasteiger partial charge < -0.3 is 15.0 Å². The Labute approximate surface area is 178 Å². The SMILES string of the molecule is CCCCn1nc(C(=O)OCC(=O)N(CC)CC(=O)NCc2cccs2)ccc1=O. The Bertz CT molecular complexity index is 910. The number of ether oxygens (including phenoxy) is 1. The van der Waals surface area contributed by atoms with Gasteiger partial charge in [-0.3, -0.25) is 14.4 Å². The van der Waals surface area contributed by atoms with E-state index in [-0.39, 0.29) is 23.7 Å². The van der Waals surface area contributed by atoms with Crippen molar-refractivity contribution in [1.82, 2.24) is 20.0 Å². The number of carbonyl (C=O) groups is 3. The van der Waals surface area contributed by atoms with E-state index in [1.807, 2.05) is 24.4 Å². The van der Waals surface area contributed by atoms with Crippen LogP contribution in [0.5, 0.6) is 0 Å². The third-order valence-corrected chi connectivity index (χ3v) is 5.11. The largest absolute Gasteiger partial charge is 0.451 e. The summed E-state index contributed by atoms with van der Waals surface area (Å²) in [6, 6.07) is 6.32. The molecule has 2 amide bonds. The summed E-state index contributed by atoms with van der Waals surface area (Å²) in [7, 11) is 0.